The summed E-state index contributed by atoms with van der Waals surface area (Å²) in [6.07, 6.45) is 0.749. The molecule has 0 saturated heterocycles. The summed E-state index contributed by atoms with van der Waals surface area (Å²) >= 11 is 0. The fraction of sp³-hybridized carbons (Fsp3) is 0.462. The van der Waals surface area contributed by atoms with Gasteiger partial charge in [-0.05, 0) is 31.0 Å². The van der Waals surface area contributed by atoms with Gasteiger partial charge in [0.15, 0.2) is 0 Å². The molecule has 0 bridgehead atoms. The first-order valence-corrected chi connectivity index (χ1v) is 7.47. The van der Waals surface area contributed by atoms with E-state index in [1.54, 1.807) is 19.1 Å². The topological polar surface area (TPSA) is 63.2 Å². The van der Waals surface area contributed by atoms with Gasteiger partial charge >= 0.3 is 0 Å². The van der Waals surface area contributed by atoms with Crippen LogP contribution in [0, 0.1) is 0 Å². The zero-order valence-corrected chi connectivity index (χ0v) is 11.8. The quantitative estimate of drug-likeness (QED) is 0.860. The van der Waals surface area contributed by atoms with E-state index in [0.717, 1.165) is 12.0 Å². The standard InChI is InChI=1S/C13H19NO3S/c1-4-9-14-18(16,17)13-7-5-12(6-8-13)10(2)11(3)15/h5-8,10,14H,4,9H2,1-3H3. The van der Waals surface area contributed by atoms with E-state index >= 15 is 0 Å². The molecule has 0 aliphatic carbocycles. The SMILES string of the molecule is CCCNS(=O)(=O)c1ccc(C(C)C(C)=O)cc1. The molecular weight excluding hydrogens is 250 g/mol. The summed E-state index contributed by atoms with van der Waals surface area (Å²) in [5, 5.41) is 0. The fourth-order valence-electron chi connectivity index (χ4n) is 1.49. The molecule has 0 heterocycles. The van der Waals surface area contributed by atoms with Crippen LogP contribution in [-0.2, 0) is 14.8 Å². The van der Waals surface area contributed by atoms with Crippen LogP contribution < -0.4 is 4.72 Å². The molecule has 0 fully saturated rings. The van der Waals surface area contributed by atoms with Gasteiger partial charge in [-0.3, -0.25) is 4.79 Å². The predicted molar refractivity (Wildman–Crippen MR) is 71.0 cm³/mol. The lowest BCUT2D eigenvalue weighted by Gasteiger charge is -2.10. The summed E-state index contributed by atoms with van der Waals surface area (Å²) in [7, 11) is -3.42. The van der Waals surface area contributed by atoms with Crippen LogP contribution in [0.4, 0.5) is 0 Å². The van der Waals surface area contributed by atoms with Crippen LogP contribution in [0.1, 0.15) is 38.7 Å². The van der Waals surface area contributed by atoms with Crippen molar-refractivity contribution in [1.29, 1.82) is 0 Å². The lowest BCUT2D eigenvalue weighted by Crippen LogP contribution is -2.24. The molecule has 0 aromatic heterocycles. The molecule has 18 heavy (non-hydrogen) atoms. The van der Waals surface area contributed by atoms with E-state index in [-0.39, 0.29) is 16.6 Å². The molecule has 4 nitrogen and oxygen atoms in total. The van der Waals surface area contributed by atoms with E-state index in [4.69, 9.17) is 0 Å². The number of carbonyl (C=O) groups is 1. The van der Waals surface area contributed by atoms with Crippen LogP contribution in [0.2, 0.25) is 0 Å². The van der Waals surface area contributed by atoms with E-state index in [0.29, 0.717) is 6.54 Å². The molecule has 0 amide bonds. The largest absolute Gasteiger partial charge is 0.299 e. The van der Waals surface area contributed by atoms with Gasteiger partial charge in [0.25, 0.3) is 0 Å². The Balaban J connectivity index is 2.92. The Morgan fingerprint density at radius 2 is 1.83 bits per heavy atom. The van der Waals surface area contributed by atoms with Gasteiger partial charge in [0.05, 0.1) is 4.90 Å². The highest BCUT2D eigenvalue weighted by atomic mass is 32.2. The third-order valence-electron chi connectivity index (χ3n) is 2.84. The maximum absolute atomic E-state index is 11.8. The smallest absolute Gasteiger partial charge is 0.240 e. The van der Waals surface area contributed by atoms with E-state index in [9.17, 15) is 13.2 Å². The first-order chi connectivity index (χ1) is 8.38. The molecule has 0 radical (unpaired) electrons. The maximum Gasteiger partial charge on any atom is 0.240 e. The van der Waals surface area contributed by atoms with E-state index in [1.165, 1.54) is 19.1 Å². The number of hydrogen-bond acceptors (Lipinski definition) is 3. The summed E-state index contributed by atoms with van der Waals surface area (Å²) in [4.78, 5) is 11.5. The molecule has 1 aromatic rings. The Bertz CT molecular complexity index is 506. The van der Waals surface area contributed by atoms with E-state index < -0.39 is 10.0 Å². The lowest BCUT2D eigenvalue weighted by atomic mass is 9.98. The predicted octanol–water partition coefficient (Wildman–Crippen LogP) is 2.07. The average Bonchev–Trinajstić information content (AvgIpc) is 2.35. The van der Waals surface area contributed by atoms with Gasteiger partial charge in [-0.15, -0.1) is 0 Å². The molecule has 100 valence electrons. The number of Topliss-reactive ketones (excluding diaryl/α,β-unsaturated/α-hetero) is 1. The minimum absolute atomic E-state index is 0.0646. The molecule has 5 heteroatoms. The van der Waals surface area contributed by atoms with Crippen molar-refractivity contribution in [3.05, 3.63) is 29.8 Å². The third kappa shape index (κ3) is 3.65. The van der Waals surface area contributed by atoms with Crippen molar-refractivity contribution in [2.45, 2.75) is 38.0 Å². The van der Waals surface area contributed by atoms with Crippen molar-refractivity contribution in [3.8, 4) is 0 Å². The third-order valence-corrected chi connectivity index (χ3v) is 4.32. The summed E-state index contributed by atoms with van der Waals surface area (Å²) in [5.74, 6) is -0.139. The molecule has 1 aromatic carbocycles. The number of nitrogens with one attached hydrogen (secondary N) is 1. The van der Waals surface area contributed by atoms with Gasteiger partial charge in [-0.1, -0.05) is 26.0 Å². The zero-order chi connectivity index (χ0) is 13.8. The average molecular weight is 269 g/mol. The number of hydrogen-bond donors (Lipinski definition) is 1. The monoisotopic (exact) mass is 269 g/mol. The first kappa shape index (κ1) is 14.9. The molecular formula is C13H19NO3S. The molecule has 0 aliphatic heterocycles. The van der Waals surface area contributed by atoms with Crippen LogP contribution >= 0.6 is 0 Å². The molecule has 0 saturated carbocycles. The van der Waals surface area contributed by atoms with Crippen LogP contribution in [-0.4, -0.2) is 20.7 Å². The van der Waals surface area contributed by atoms with Gasteiger partial charge < -0.3 is 0 Å². The van der Waals surface area contributed by atoms with Crippen LogP contribution in [0.3, 0.4) is 0 Å². The van der Waals surface area contributed by atoms with Crippen LogP contribution in [0.5, 0.6) is 0 Å². The van der Waals surface area contributed by atoms with Gasteiger partial charge in [-0.25, -0.2) is 13.1 Å². The van der Waals surface area contributed by atoms with Crippen molar-refractivity contribution < 1.29 is 13.2 Å². The van der Waals surface area contributed by atoms with Crippen LogP contribution in [0.25, 0.3) is 0 Å². The van der Waals surface area contributed by atoms with E-state index in [1.807, 2.05) is 6.92 Å². The molecule has 1 atom stereocenters. The van der Waals surface area contributed by atoms with Crippen molar-refractivity contribution >= 4 is 15.8 Å². The van der Waals surface area contributed by atoms with Crippen LogP contribution in [0.15, 0.2) is 29.2 Å². The highest BCUT2D eigenvalue weighted by molar-refractivity contribution is 7.89. The maximum atomic E-state index is 11.8. The number of rotatable bonds is 6. The Morgan fingerprint density at radius 1 is 1.28 bits per heavy atom. The Hall–Kier alpha value is -1.20. The number of benzene rings is 1. The number of sulfonamides is 1. The second kappa shape index (κ2) is 6.11. The second-order valence-electron chi connectivity index (χ2n) is 4.30. The fourth-order valence-corrected chi connectivity index (χ4v) is 2.62. The van der Waals surface area contributed by atoms with Crippen molar-refractivity contribution in [2.75, 3.05) is 6.54 Å². The first-order valence-electron chi connectivity index (χ1n) is 5.98. The van der Waals surface area contributed by atoms with Gasteiger partial charge in [0.1, 0.15) is 5.78 Å². The summed E-state index contributed by atoms with van der Waals surface area (Å²) in [6.45, 7) is 5.66. The van der Waals surface area contributed by atoms with Gasteiger partial charge in [0, 0.05) is 12.5 Å². The Morgan fingerprint density at radius 3 is 2.28 bits per heavy atom. The zero-order valence-electron chi connectivity index (χ0n) is 10.9. The summed E-state index contributed by atoms with van der Waals surface area (Å²) in [6, 6.07) is 6.44. The molecule has 0 spiro atoms. The minimum atomic E-state index is -3.42. The number of ketones is 1. The summed E-state index contributed by atoms with van der Waals surface area (Å²) in [5.41, 5.74) is 0.831. The molecule has 0 aliphatic rings. The van der Waals surface area contributed by atoms with Gasteiger partial charge in [-0.2, -0.15) is 0 Å². The molecule has 1 rings (SSSR count). The minimum Gasteiger partial charge on any atom is -0.299 e. The van der Waals surface area contributed by atoms with Crippen molar-refractivity contribution in [2.24, 2.45) is 0 Å². The van der Waals surface area contributed by atoms with Crippen molar-refractivity contribution in [1.82, 2.24) is 4.72 Å². The van der Waals surface area contributed by atoms with Gasteiger partial charge in [0.2, 0.25) is 10.0 Å². The Labute approximate surface area is 108 Å². The second-order valence-corrected chi connectivity index (χ2v) is 6.07. The highest BCUT2D eigenvalue weighted by Gasteiger charge is 2.15. The lowest BCUT2D eigenvalue weighted by molar-refractivity contribution is -0.118. The molecule has 1 unspecified atom stereocenters. The summed E-state index contributed by atoms with van der Waals surface area (Å²) < 4.78 is 26.2. The Kier molecular flexibility index (Phi) is 5.04. The van der Waals surface area contributed by atoms with E-state index in [2.05, 4.69) is 4.72 Å². The molecule has 1 N–H and O–H groups in total. The highest BCUT2D eigenvalue weighted by Crippen LogP contribution is 2.18. The van der Waals surface area contributed by atoms with Crippen molar-refractivity contribution in [3.63, 3.8) is 0 Å². The normalized spacial score (nSPS) is 13.3. The number of carbonyl (C=O) groups excluding carboxylic acids is 1.